The minimum atomic E-state index is 0.279. The van der Waals surface area contributed by atoms with Crippen molar-refractivity contribution >= 4 is 0 Å². The van der Waals surface area contributed by atoms with E-state index in [1.54, 1.807) is 7.11 Å². The fourth-order valence-electron chi connectivity index (χ4n) is 2.61. The highest BCUT2D eigenvalue weighted by Crippen LogP contribution is 2.22. The zero-order chi connectivity index (χ0) is 12.9. The van der Waals surface area contributed by atoms with Crippen LogP contribution in [-0.2, 0) is 4.74 Å². The van der Waals surface area contributed by atoms with Gasteiger partial charge in [0, 0.05) is 38.3 Å². The van der Waals surface area contributed by atoms with Gasteiger partial charge in [-0.05, 0) is 25.7 Å². The summed E-state index contributed by atoms with van der Waals surface area (Å²) in [5, 5.41) is 3.72. The molecule has 17 heavy (non-hydrogen) atoms. The number of ether oxygens (including phenoxy) is 1. The highest BCUT2D eigenvalue weighted by Gasteiger charge is 2.34. The molecule has 3 nitrogen and oxygen atoms in total. The maximum absolute atomic E-state index is 5.24. The summed E-state index contributed by atoms with van der Waals surface area (Å²) in [6, 6.07) is 0.671. The van der Waals surface area contributed by atoms with E-state index in [-0.39, 0.29) is 5.54 Å². The second-order valence-electron chi connectivity index (χ2n) is 6.04. The molecule has 0 spiro atoms. The third-order valence-electron chi connectivity index (χ3n) is 3.94. The van der Waals surface area contributed by atoms with Gasteiger partial charge < -0.3 is 10.1 Å². The van der Waals surface area contributed by atoms with Crippen molar-refractivity contribution in [1.29, 1.82) is 0 Å². The third-order valence-corrected chi connectivity index (χ3v) is 3.94. The van der Waals surface area contributed by atoms with Gasteiger partial charge in [0.05, 0.1) is 6.61 Å². The van der Waals surface area contributed by atoms with Gasteiger partial charge in [0.2, 0.25) is 0 Å². The van der Waals surface area contributed by atoms with E-state index in [0.717, 1.165) is 32.2 Å². The first-order valence-electron chi connectivity index (χ1n) is 6.98. The van der Waals surface area contributed by atoms with Crippen LogP contribution in [0.15, 0.2) is 0 Å². The molecule has 1 saturated heterocycles. The molecule has 0 aliphatic carbocycles. The monoisotopic (exact) mass is 242 g/mol. The van der Waals surface area contributed by atoms with Crippen LogP contribution in [0.4, 0.5) is 0 Å². The van der Waals surface area contributed by atoms with E-state index >= 15 is 0 Å². The van der Waals surface area contributed by atoms with Crippen LogP contribution in [0, 0.1) is 5.92 Å². The van der Waals surface area contributed by atoms with E-state index in [1.807, 2.05) is 0 Å². The Labute approximate surface area is 107 Å². The zero-order valence-electron chi connectivity index (χ0n) is 12.3. The van der Waals surface area contributed by atoms with E-state index in [9.17, 15) is 0 Å². The van der Waals surface area contributed by atoms with Gasteiger partial charge in [0.15, 0.2) is 0 Å². The molecule has 0 bridgehead atoms. The highest BCUT2D eigenvalue weighted by molar-refractivity contribution is 4.94. The summed E-state index contributed by atoms with van der Waals surface area (Å²) in [6.07, 6.45) is 2.46. The largest absolute Gasteiger partial charge is 0.383 e. The van der Waals surface area contributed by atoms with Crippen molar-refractivity contribution in [1.82, 2.24) is 10.2 Å². The predicted octanol–water partition coefficient (Wildman–Crippen LogP) is 2.12. The highest BCUT2D eigenvalue weighted by atomic mass is 16.5. The topological polar surface area (TPSA) is 24.5 Å². The van der Waals surface area contributed by atoms with Gasteiger partial charge in [0.1, 0.15) is 0 Å². The van der Waals surface area contributed by atoms with Gasteiger partial charge >= 0.3 is 0 Å². The molecule has 0 aromatic rings. The van der Waals surface area contributed by atoms with Crippen molar-refractivity contribution in [3.63, 3.8) is 0 Å². The quantitative estimate of drug-likeness (QED) is 0.772. The van der Waals surface area contributed by atoms with Crippen LogP contribution in [0.25, 0.3) is 0 Å². The molecule has 1 N–H and O–H groups in total. The SMILES string of the molecule is CCC1(C)CN(CCOC)C(CC(C)C)CN1. The number of hydrogen-bond acceptors (Lipinski definition) is 3. The number of nitrogens with one attached hydrogen (secondary N) is 1. The average Bonchev–Trinajstić information content (AvgIpc) is 2.29. The van der Waals surface area contributed by atoms with E-state index in [4.69, 9.17) is 4.74 Å². The Kier molecular flexibility index (Phi) is 5.90. The van der Waals surface area contributed by atoms with Crippen LogP contribution < -0.4 is 5.32 Å². The van der Waals surface area contributed by atoms with Gasteiger partial charge in [-0.3, -0.25) is 4.90 Å². The maximum Gasteiger partial charge on any atom is 0.0589 e. The first kappa shape index (κ1) is 14.9. The molecule has 2 unspecified atom stereocenters. The Hall–Kier alpha value is -0.120. The number of rotatable bonds is 6. The fourth-order valence-corrected chi connectivity index (χ4v) is 2.61. The first-order valence-corrected chi connectivity index (χ1v) is 6.98. The van der Waals surface area contributed by atoms with Crippen LogP contribution in [0.3, 0.4) is 0 Å². The summed E-state index contributed by atoms with van der Waals surface area (Å²) >= 11 is 0. The van der Waals surface area contributed by atoms with Crippen molar-refractivity contribution in [3.8, 4) is 0 Å². The molecule has 2 atom stereocenters. The van der Waals surface area contributed by atoms with Gasteiger partial charge in [-0.25, -0.2) is 0 Å². The van der Waals surface area contributed by atoms with E-state index in [0.29, 0.717) is 6.04 Å². The lowest BCUT2D eigenvalue weighted by molar-refractivity contribution is 0.0485. The van der Waals surface area contributed by atoms with Gasteiger partial charge in [-0.2, -0.15) is 0 Å². The van der Waals surface area contributed by atoms with Crippen molar-refractivity contribution in [2.45, 2.75) is 52.1 Å². The Bertz CT molecular complexity index is 220. The van der Waals surface area contributed by atoms with Crippen molar-refractivity contribution < 1.29 is 4.74 Å². The standard InChI is InChI=1S/C14H30N2O/c1-6-14(4)11-16(7-8-17-5)13(10-15-14)9-12(2)3/h12-13,15H,6-11H2,1-5H3. The number of methoxy groups -OCH3 is 1. The number of piperazine rings is 1. The van der Waals surface area contributed by atoms with Crippen LogP contribution >= 0.6 is 0 Å². The molecular weight excluding hydrogens is 212 g/mol. The Morgan fingerprint density at radius 1 is 1.47 bits per heavy atom. The second-order valence-corrected chi connectivity index (χ2v) is 6.04. The minimum absolute atomic E-state index is 0.279. The summed E-state index contributed by atoms with van der Waals surface area (Å²) in [5.74, 6) is 0.762. The van der Waals surface area contributed by atoms with Crippen molar-refractivity contribution in [2.75, 3.05) is 33.4 Å². The van der Waals surface area contributed by atoms with Gasteiger partial charge in [-0.1, -0.05) is 20.8 Å². The lowest BCUT2D eigenvalue weighted by atomic mass is 9.91. The predicted molar refractivity (Wildman–Crippen MR) is 73.4 cm³/mol. The summed E-state index contributed by atoms with van der Waals surface area (Å²) in [4.78, 5) is 2.61. The Morgan fingerprint density at radius 2 is 2.18 bits per heavy atom. The van der Waals surface area contributed by atoms with E-state index < -0.39 is 0 Å². The van der Waals surface area contributed by atoms with Gasteiger partial charge in [0.25, 0.3) is 0 Å². The molecule has 3 heteroatoms. The molecule has 102 valence electrons. The third kappa shape index (κ3) is 4.57. The molecule has 0 amide bonds. The number of hydrogen-bond donors (Lipinski definition) is 1. The first-order chi connectivity index (χ1) is 8.00. The second kappa shape index (κ2) is 6.72. The van der Waals surface area contributed by atoms with Crippen molar-refractivity contribution in [3.05, 3.63) is 0 Å². The van der Waals surface area contributed by atoms with Crippen LogP contribution in [-0.4, -0.2) is 49.8 Å². The lowest BCUT2D eigenvalue weighted by Crippen LogP contribution is -2.63. The zero-order valence-corrected chi connectivity index (χ0v) is 12.3. The molecule has 1 aliphatic heterocycles. The summed E-state index contributed by atoms with van der Waals surface area (Å²) in [5.41, 5.74) is 0.279. The summed E-state index contributed by atoms with van der Waals surface area (Å²) < 4.78 is 5.24. The molecule has 0 radical (unpaired) electrons. The Balaban J connectivity index is 2.58. The fraction of sp³-hybridized carbons (Fsp3) is 1.00. The normalized spacial score (nSPS) is 31.1. The lowest BCUT2D eigenvalue weighted by Gasteiger charge is -2.46. The van der Waals surface area contributed by atoms with Crippen LogP contribution in [0.1, 0.15) is 40.5 Å². The molecule has 1 aliphatic rings. The van der Waals surface area contributed by atoms with E-state index in [2.05, 4.69) is 37.9 Å². The number of nitrogens with zero attached hydrogens (tertiary/aromatic N) is 1. The molecule has 1 heterocycles. The molecule has 1 rings (SSSR count). The smallest absolute Gasteiger partial charge is 0.0589 e. The minimum Gasteiger partial charge on any atom is -0.383 e. The molecule has 1 fully saturated rings. The summed E-state index contributed by atoms with van der Waals surface area (Å²) in [7, 11) is 1.79. The average molecular weight is 242 g/mol. The summed E-state index contributed by atoms with van der Waals surface area (Å²) in [6.45, 7) is 13.4. The molecular formula is C14H30N2O. The van der Waals surface area contributed by atoms with Crippen LogP contribution in [0.5, 0.6) is 0 Å². The molecule has 0 aromatic carbocycles. The Morgan fingerprint density at radius 3 is 2.71 bits per heavy atom. The van der Waals surface area contributed by atoms with Gasteiger partial charge in [-0.15, -0.1) is 0 Å². The molecule has 0 aromatic heterocycles. The maximum atomic E-state index is 5.24. The van der Waals surface area contributed by atoms with Crippen molar-refractivity contribution in [2.24, 2.45) is 5.92 Å². The van der Waals surface area contributed by atoms with E-state index in [1.165, 1.54) is 12.8 Å². The van der Waals surface area contributed by atoms with Crippen LogP contribution in [0.2, 0.25) is 0 Å². The molecule has 0 saturated carbocycles.